The van der Waals surface area contributed by atoms with Crippen LogP contribution in [0.25, 0.3) is 0 Å². The van der Waals surface area contributed by atoms with Crippen molar-refractivity contribution in [2.24, 2.45) is 0 Å². The third kappa shape index (κ3) is 5.57. The molecule has 0 N–H and O–H groups in total. The Morgan fingerprint density at radius 1 is 0.893 bits per heavy atom. The molecule has 3 rings (SSSR count). The molecule has 1 aliphatic rings. The van der Waals surface area contributed by atoms with E-state index in [1.165, 1.54) is 0 Å². The van der Waals surface area contributed by atoms with Gasteiger partial charge in [-0.1, -0.05) is 30.3 Å². The summed E-state index contributed by atoms with van der Waals surface area (Å²) in [5.41, 5.74) is 1.07. The van der Waals surface area contributed by atoms with Gasteiger partial charge in [0.15, 0.2) is 13.2 Å². The summed E-state index contributed by atoms with van der Waals surface area (Å²) in [5, 5.41) is 0. The monoisotopic (exact) mass is 383 g/mol. The first-order valence-corrected chi connectivity index (χ1v) is 9.00. The number of ether oxygens (including phenoxy) is 3. The lowest BCUT2D eigenvalue weighted by Gasteiger charge is -2.13. The van der Waals surface area contributed by atoms with E-state index < -0.39 is 18.5 Å². The summed E-state index contributed by atoms with van der Waals surface area (Å²) in [4.78, 5) is 36.1. The quantitative estimate of drug-likeness (QED) is 0.651. The van der Waals surface area contributed by atoms with Crippen molar-refractivity contribution in [3.05, 3.63) is 60.2 Å². The lowest BCUT2D eigenvalue weighted by Crippen LogP contribution is -2.35. The van der Waals surface area contributed by atoms with Gasteiger partial charge in [0.25, 0.3) is 5.91 Å². The highest BCUT2D eigenvalue weighted by Crippen LogP contribution is 2.18. The summed E-state index contributed by atoms with van der Waals surface area (Å²) in [6.07, 6.45) is 1.00. The molecule has 0 spiro atoms. The van der Waals surface area contributed by atoms with Gasteiger partial charge >= 0.3 is 5.97 Å². The smallest absolute Gasteiger partial charge is 0.344 e. The number of nitrogens with zero attached hydrogens (tertiary/aromatic N) is 1. The second-order valence-corrected chi connectivity index (χ2v) is 6.24. The number of likely N-dealkylation sites (tertiary alicyclic amines) is 1. The molecule has 0 aromatic heterocycles. The van der Waals surface area contributed by atoms with Crippen LogP contribution in [0.5, 0.6) is 11.5 Å². The van der Waals surface area contributed by atoms with Gasteiger partial charge in [-0.3, -0.25) is 14.5 Å². The number of amides is 2. The molecule has 0 unspecified atom stereocenters. The van der Waals surface area contributed by atoms with Crippen molar-refractivity contribution in [2.75, 3.05) is 19.8 Å². The number of hydrogen-bond acceptors (Lipinski definition) is 6. The number of imide groups is 1. The Labute approximate surface area is 162 Å². The standard InChI is InChI=1S/C21H21NO6/c23-19-7-4-12-22(19)20(24)14-28-21(25)15-27-18-10-8-17(9-11-18)26-13-16-5-2-1-3-6-16/h1-3,5-6,8-11H,4,7,12-15H2. The minimum atomic E-state index is -0.676. The molecule has 1 fully saturated rings. The van der Waals surface area contributed by atoms with Crippen molar-refractivity contribution in [3.8, 4) is 11.5 Å². The molecular formula is C21H21NO6. The second kappa shape index (κ2) is 9.55. The highest BCUT2D eigenvalue weighted by molar-refractivity contribution is 5.97. The Morgan fingerprint density at radius 2 is 1.57 bits per heavy atom. The summed E-state index contributed by atoms with van der Waals surface area (Å²) < 4.78 is 15.9. The lowest BCUT2D eigenvalue weighted by molar-refractivity contribution is -0.155. The Morgan fingerprint density at radius 3 is 2.21 bits per heavy atom. The SMILES string of the molecule is O=C(COc1ccc(OCc2ccccc2)cc1)OCC(=O)N1CCCC1=O. The maximum Gasteiger partial charge on any atom is 0.344 e. The molecule has 0 bridgehead atoms. The summed E-state index contributed by atoms with van der Waals surface area (Å²) in [6.45, 7) is 0.0526. The van der Waals surface area contributed by atoms with E-state index in [2.05, 4.69) is 0 Å². The van der Waals surface area contributed by atoms with Crippen LogP contribution in [0.15, 0.2) is 54.6 Å². The maximum absolute atomic E-state index is 11.8. The minimum Gasteiger partial charge on any atom is -0.489 e. The molecular weight excluding hydrogens is 362 g/mol. The molecule has 28 heavy (non-hydrogen) atoms. The molecule has 0 atom stereocenters. The average Bonchev–Trinajstić information content (AvgIpc) is 3.16. The predicted molar refractivity (Wildman–Crippen MR) is 99.6 cm³/mol. The van der Waals surface area contributed by atoms with Crippen LogP contribution in [0.2, 0.25) is 0 Å². The number of carbonyl (C=O) groups excluding carboxylic acids is 3. The van der Waals surface area contributed by atoms with Gasteiger partial charge in [-0.15, -0.1) is 0 Å². The molecule has 2 amide bonds. The van der Waals surface area contributed by atoms with Gasteiger partial charge in [0.2, 0.25) is 5.91 Å². The number of rotatable bonds is 8. The molecule has 1 heterocycles. The van der Waals surface area contributed by atoms with E-state index in [9.17, 15) is 14.4 Å². The summed E-state index contributed by atoms with van der Waals surface area (Å²) >= 11 is 0. The Balaban J connectivity index is 1.37. The van der Waals surface area contributed by atoms with Gasteiger partial charge in [0.05, 0.1) is 0 Å². The van der Waals surface area contributed by atoms with E-state index in [0.717, 1.165) is 10.5 Å². The van der Waals surface area contributed by atoms with Gasteiger partial charge < -0.3 is 14.2 Å². The van der Waals surface area contributed by atoms with Gasteiger partial charge in [0, 0.05) is 13.0 Å². The lowest BCUT2D eigenvalue weighted by atomic mass is 10.2. The Hall–Kier alpha value is -3.35. The molecule has 1 aliphatic heterocycles. The highest BCUT2D eigenvalue weighted by Gasteiger charge is 2.26. The zero-order valence-corrected chi connectivity index (χ0v) is 15.3. The van der Waals surface area contributed by atoms with Crippen LogP contribution in [-0.4, -0.2) is 42.4 Å². The van der Waals surface area contributed by atoms with Crippen LogP contribution in [0.3, 0.4) is 0 Å². The first kappa shape index (κ1) is 19.4. The van der Waals surface area contributed by atoms with E-state index in [-0.39, 0.29) is 12.5 Å². The first-order valence-electron chi connectivity index (χ1n) is 9.00. The van der Waals surface area contributed by atoms with Crippen LogP contribution in [-0.2, 0) is 25.7 Å². The molecule has 2 aromatic rings. The number of benzene rings is 2. The predicted octanol–water partition coefficient (Wildman–Crippen LogP) is 2.34. The Kier molecular flexibility index (Phi) is 6.62. The van der Waals surface area contributed by atoms with Crippen molar-refractivity contribution < 1.29 is 28.6 Å². The van der Waals surface area contributed by atoms with E-state index in [4.69, 9.17) is 14.2 Å². The summed E-state index contributed by atoms with van der Waals surface area (Å²) in [6, 6.07) is 16.7. The van der Waals surface area contributed by atoms with Crippen LogP contribution in [0, 0.1) is 0 Å². The summed E-state index contributed by atoms with van der Waals surface area (Å²) in [7, 11) is 0. The zero-order chi connectivity index (χ0) is 19.8. The highest BCUT2D eigenvalue weighted by atomic mass is 16.6. The van der Waals surface area contributed by atoms with Crippen molar-refractivity contribution in [2.45, 2.75) is 19.4 Å². The fourth-order valence-corrected chi connectivity index (χ4v) is 2.69. The molecule has 0 saturated carbocycles. The fraction of sp³-hybridized carbons (Fsp3) is 0.286. The van der Waals surface area contributed by atoms with E-state index in [0.29, 0.717) is 37.5 Å². The summed E-state index contributed by atoms with van der Waals surface area (Å²) in [5.74, 6) is -0.253. The molecule has 7 nitrogen and oxygen atoms in total. The van der Waals surface area contributed by atoms with Crippen LogP contribution in [0.4, 0.5) is 0 Å². The largest absolute Gasteiger partial charge is 0.489 e. The van der Waals surface area contributed by atoms with Gasteiger partial charge in [-0.25, -0.2) is 4.79 Å². The third-order valence-electron chi connectivity index (χ3n) is 4.16. The molecule has 1 saturated heterocycles. The molecule has 2 aromatic carbocycles. The van der Waals surface area contributed by atoms with Crippen LogP contribution < -0.4 is 9.47 Å². The van der Waals surface area contributed by atoms with Gasteiger partial charge in [-0.2, -0.15) is 0 Å². The van der Waals surface area contributed by atoms with Crippen molar-refractivity contribution in [3.63, 3.8) is 0 Å². The van der Waals surface area contributed by atoms with E-state index >= 15 is 0 Å². The van der Waals surface area contributed by atoms with Crippen LogP contribution >= 0.6 is 0 Å². The normalized spacial score (nSPS) is 13.3. The second-order valence-electron chi connectivity index (χ2n) is 6.24. The Bertz CT molecular complexity index is 819. The zero-order valence-electron chi connectivity index (χ0n) is 15.3. The van der Waals surface area contributed by atoms with E-state index in [1.807, 2.05) is 30.3 Å². The topological polar surface area (TPSA) is 82.1 Å². The molecule has 0 radical (unpaired) electrons. The minimum absolute atomic E-state index is 0.230. The maximum atomic E-state index is 11.8. The number of esters is 1. The van der Waals surface area contributed by atoms with Gasteiger partial charge in [-0.05, 0) is 36.2 Å². The third-order valence-corrected chi connectivity index (χ3v) is 4.16. The van der Waals surface area contributed by atoms with Crippen molar-refractivity contribution in [1.82, 2.24) is 4.90 Å². The molecule has 0 aliphatic carbocycles. The van der Waals surface area contributed by atoms with Crippen molar-refractivity contribution in [1.29, 1.82) is 0 Å². The van der Waals surface area contributed by atoms with Gasteiger partial charge in [0.1, 0.15) is 18.1 Å². The number of hydrogen-bond donors (Lipinski definition) is 0. The number of carbonyl (C=O) groups is 3. The molecule has 7 heteroatoms. The first-order chi connectivity index (χ1) is 13.6. The van der Waals surface area contributed by atoms with Crippen molar-refractivity contribution >= 4 is 17.8 Å². The van der Waals surface area contributed by atoms with Crippen LogP contribution in [0.1, 0.15) is 18.4 Å². The molecule has 146 valence electrons. The van der Waals surface area contributed by atoms with E-state index in [1.54, 1.807) is 24.3 Å². The fourth-order valence-electron chi connectivity index (χ4n) is 2.69. The average molecular weight is 383 g/mol.